The minimum absolute atomic E-state index is 0.242. The predicted molar refractivity (Wildman–Crippen MR) is 69.7 cm³/mol. The molecule has 2 rings (SSSR count). The number of aromatic nitrogens is 1. The van der Waals surface area contributed by atoms with Crippen LogP contribution in [0.3, 0.4) is 0 Å². The molecule has 0 aliphatic heterocycles. The van der Waals surface area contributed by atoms with Crippen LogP contribution in [0.15, 0.2) is 27.5 Å². The van der Waals surface area contributed by atoms with Crippen molar-refractivity contribution in [1.29, 1.82) is 0 Å². The van der Waals surface area contributed by atoms with Crippen LogP contribution in [0.4, 0.5) is 0 Å². The number of halogens is 1. The van der Waals surface area contributed by atoms with Crippen LogP contribution in [0.2, 0.25) is 0 Å². The van der Waals surface area contributed by atoms with Gasteiger partial charge < -0.3 is 5.32 Å². The molecular weight excluding hydrogens is 292 g/mol. The van der Waals surface area contributed by atoms with Crippen molar-refractivity contribution in [2.24, 2.45) is 0 Å². The monoisotopic (exact) mass is 302 g/mol. The van der Waals surface area contributed by atoms with Crippen LogP contribution >= 0.6 is 38.6 Å². The van der Waals surface area contributed by atoms with Crippen molar-refractivity contribution >= 4 is 38.6 Å². The van der Waals surface area contributed by atoms with Crippen molar-refractivity contribution in [3.8, 4) is 0 Å². The highest BCUT2D eigenvalue weighted by Crippen LogP contribution is 2.31. The topological polar surface area (TPSA) is 24.9 Å². The van der Waals surface area contributed by atoms with Gasteiger partial charge in [-0.15, -0.1) is 22.7 Å². The van der Waals surface area contributed by atoms with E-state index in [-0.39, 0.29) is 6.04 Å². The summed E-state index contributed by atoms with van der Waals surface area (Å²) in [5.41, 5.74) is 0. The fourth-order valence-corrected chi connectivity index (χ4v) is 3.68. The molecule has 15 heavy (non-hydrogen) atoms. The third kappa shape index (κ3) is 2.66. The van der Waals surface area contributed by atoms with Gasteiger partial charge in [0.2, 0.25) is 0 Å². The maximum Gasteiger partial charge on any atom is 0.115 e. The van der Waals surface area contributed by atoms with Crippen molar-refractivity contribution in [3.05, 3.63) is 37.4 Å². The zero-order chi connectivity index (χ0) is 10.7. The first-order chi connectivity index (χ1) is 7.31. The number of thiazole rings is 1. The standard InChI is InChI=1S/C10H11BrN2S2/c1-2-12-9(10-13-5-6-14-10)7-3-4-8(11)15-7/h3-6,9,12H,2H2,1H3. The lowest BCUT2D eigenvalue weighted by Crippen LogP contribution is -2.20. The van der Waals surface area contributed by atoms with Crippen LogP contribution in [0.25, 0.3) is 0 Å². The summed E-state index contributed by atoms with van der Waals surface area (Å²) in [6.07, 6.45) is 1.85. The van der Waals surface area contributed by atoms with Crippen molar-refractivity contribution in [2.45, 2.75) is 13.0 Å². The molecule has 5 heteroatoms. The Balaban J connectivity index is 2.27. The van der Waals surface area contributed by atoms with E-state index in [0.29, 0.717) is 0 Å². The maximum absolute atomic E-state index is 4.37. The van der Waals surface area contributed by atoms with E-state index in [1.165, 1.54) is 4.88 Å². The van der Waals surface area contributed by atoms with Crippen LogP contribution in [-0.4, -0.2) is 11.5 Å². The maximum atomic E-state index is 4.37. The molecular formula is C10H11BrN2S2. The largest absolute Gasteiger partial charge is 0.304 e. The highest BCUT2D eigenvalue weighted by molar-refractivity contribution is 9.11. The number of hydrogen-bond acceptors (Lipinski definition) is 4. The smallest absolute Gasteiger partial charge is 0.115 e. The highest BCUT2D eigenvalue weighted by Gasteiger charge is 2.16. The molecule has 2 aromatic heterocycles. The summed E-state index contributed by atoms with van der Waals surface area (Å²) in [6.45, 7) is 3.06. The summed E-state index contributed by atoms with van der Waals surface area (Å²) in [5.74, 6) is 0. The molecule has 1 atom stereocenters. The van der Waals surface area contributed by atoms with E-state index < -0.39 is 0 Å². The van der Waals surface area contributed by atoms with Gasteiger partial charge in [0.1, 0.15) is 5.01 Å². The van der Waals surface area contributed by atoms with Crippen molar-refractivity contribution in [3.63, 3.8) is 0 Å². The quantitative estimate of drug-likeness (QED) is 0.932. The zero-order valence-electron chi connectivity index (χ0n) is 8.24. The van der Waals surface area contributed by atoms with Crippen molar-refractivity contribution < 1.29 is 0 Å². The van der Waals surface area contributed by atoms with Gasteiger partial charge in [-0.1, -0.05) is 6.92 Å². The Kier molecular flexibility index (Phi) is 3.91. The zero-order valence-corrected chi connectivity index (χ0v) is 11.5. The Morgan fingerprint density at radius 3 is 2.93 bits per heavy atom. The lowest BCUT2D eigenvalue weighted by atomic mass is 10.2. The van der Waals surface area contributed by atoms with Gasteiger partial charge in [0.15, 0.2) is 0 Å². The van der Waals surface area contributed by atoms with Crippen molar-refractivity contribution in [1.82, 2.24) is 10.3 Å². The Morgan fingerprint density at radius 2 is 2.40 bits per heavy atom. The first-order valence-corrected chi connectivity index (χ1v) is 7.18. The van der Waals surface area contributed by atoms with Gasteiger partial charge in [0.25, 0.3) is 0 Å². The number of thiophene rings is 1. The van der Waals surface area contributed by atoms with E-state index in [2.05, 4.69) is 45.3 Å². The van der Waals surface area contributed by atoms with E-state index in [0.717, 1.165) is 15.3 Å². The second kappa shape index (κ2) is 5.21. The summed E-state index contributed by atoms with van der Waals surface area (Å²) < 4.78 is 1.16. The summed E-state index contributed by atoms with van der Waals surface area (Å²) in [4.78, 5) is 5.67. The molecule has 0 fully saturated rings. The second-order valence-corrected chi connectivity index (χ2v) is 6.42. The van der Waals surface area contributed by atoms with Crippen LogP contribution in [0.5, 0.6) is 0 Å². The third-order valence-electron chi connectivity index (χ3n) is 1.99. The molecule has 80 valence electrons. The van der Waals surface area contributed by atoms with Crippen LogP contribution in [-0.2, 0) is 0 Å². The van der Waals surface area contributed by atoms with E-state index in [1.54, 1.807) is 22.7 Å². The summed E-state index contributed by atoms with van der Waals surface area (Å²) in [6, 6.07) is 4.47. The van der Waals surface area contributed by atoms with E-state index in [1.807, 2.05) is 11.6 Å². The number of nitrogens with one attached hydrogen (secondary N) is 1. The van der Waals surface area contributed by atoms with E-state index in [4.69, 9.17) is 0 Å². The molecule has 0 saturated carbocycles. The Hall–Kier alpha value is -0.230. The lowest BCUT2D eigenvalue weighted by molar-refractivity contribution is 0.636. The van der Waals surface area contributed by atoms with Crippen LogP contribution in [0, 0.1) is 0 Å². The molecule has 2 heterocycles. The summed E-state index contributed by atoms with van der Waals surface area (Å²) in [5, 5.41) is 6.60. The molecule has 2 aromatic rings. The number of hydrogen-bond donors (Lipinski definition) is 1. The molecule has 2 nitrogen and oxygen atoms in total. The van der Waals surface area contributed by atoms with Gasteiger partial charge >= 0.3 is 0 Å². The Bertz CT molecular complexity index is 411. The van der Waals surface area contributed by atoms with Gasteiger partial charge in [-0.2, -0.15) is 0 Å². The van der Waals surface area contributed by atoms with Crippen molar-refractivity contribution in [2.75, 3.05) is 6.54 Å². The van der Waals surface area contributed by atoms with E-state index >= 15 is 0 Å². The number of rotatable bonds is 4. The van der Waals surface area contributed by atoms with Gasteiger partial charge in [0.05, 0.1) is 9.83 Å². The van der Waals surface area contributed by atoms with Crippen LogP contribution < -0.4 is 5.32 Å². The normalized spacial score (nSPS) is 12.9. The number of nitrogens with zero attached hydrogens (tertiary/aromatic N) is 1. The average molecular weight is 303 g/mol. The molecule has 0 bridgehead atoms. The molecule has 0 aliphatic rings. The first-order valence-electron chi connectivity index (χ1n) is 4.69. The van der Waals surface area contributed by atoms with Crippen LogP contribution in [0.1, 0.15) is 22.9 Å². The molecule has 0 radical (unpaired) electrons. The minimum Gasteiger partial charge on any atom is -0.304 e. The van der Waals surface area contributed by atoms with Gasteiger partial charge in [0, 0.05) is 16.5 Å². The SMILES string of the molecule is CCNC(c1ccc(Br)s1)c1nccs1. The molecule has 0 saturated heterocycles. The minimum atomic E-state index is 0.242. The third-order valence-corrected chi connectivity index (χ3v) is 4.51. The first kappa shape index (κ1) is 11.3. The van der Waals surface area contributed by atoms with Gasteiger partial charge in [-0.25, -0.2) is 4.98 Å². The highest BCUT2D eigenvalue weighted by atomic mass is 79.9. The Morgan fingerprint density at radius 1 is 1.53 bits per heavy atom. The summed E-state index contributed by atoms with van der Waals surface area (Å²) >= 11 is 6.94. The van der Waals surface area contributed by atoms with Gasteiger partial charge in [-0.05, 0) is 34.6 Å². The molecule has 1 N–H and O–H groups in total. The second-order valence-electron chi connectivity index (χ2n) is 3.00. The average Bonchev–Trinajstić information content (AvgIpc) is 2.85. The molecule has 1 unspecified atom stereocenters. The molecule has 0 aromatic carbocycles. The Labute approximate surface area is 106 Å². The molecule has 0 amide bonds. The van der Waals surface area contributed by atoms with E-state index in [9.17, 15) is 0 Å². The van der Waals surface area contributed by atoms with Gasteiger partial charge in [-0.3, -0.25) is 0 Å². The predicted octanol–water partition coefficient (Wildman–Crippen LogP) is 3.67. The molecule has 0 spiro atoms. The fraction of sp³-hybridized carbons (Fsp3) is 0.300. The summed E-state index contributed by atoms with van der Waals surface area (Å²) in [7, 11) is 0. The lowest BCUT2D eigenvalue weighted by Gasteiger charge is -2.12. The fourth-order valence-electron chi connectivity index (χ4n) is 1.37. The molecule has 0 aliphatic carbocycles.